The highest BCUT2D eigenvalue weighted by atomic mass is 16.3. The number of carbonyl (C=O) groups excluding carboxylic acids is 13. The number of aliphatic hydroxyl groups excluding tert-OH is 3. The Morgan fingerprint density at radius 2 is 0.958 bits per heavy atom. The summed E-state index contributed by atoms with van der Waals surface area (Å²) in [6, 6.07) is -11.2. The fourth-order valence-electron chi connectivity index (χ4n) is 8.84. The SMILES string of the molecule is C[C@H](NC(=O)CNC(=O)[C@H](CO)NC(=O)[C@H](CO)NC(=O)[C@@H]1CCCN1C(=O)CNC(=O)CNC(=O)[C@@H](N)CC(N)=O)C(=O)N1CCC[C@H]1C(=O)N1CCC[C@H]1C(=O)N1CCC[C@H]1C(=O)N[C@@H](CO)C(N)=O. The third-order valence-corrected chi connectivity index (χ3v) is 12.6. The predicted octanol–water partition coefficient (Wildman–Crippen LogP) is -10.1. The molecule has 400 valence electrons. The Bertz CT molecular complexity index is 2100. The molecule has 13 amide bonds. The van der Waals surface area contributed by atoms with Crippen LogP contribution in [0.2, 0.25) is 0 Å². The molecule has 4 aliphatic heterocycles. The average Bonchev–Trinajstić information content (AvgIpc) is 4.21. The van der Waals surface area contributed by atoms with Crippen LogP contribution in [0.4, 0.5) is 0 Å². The van der Waals surface area contributed by atoms with Crippen molar-refractivity contribution >= 4 is 76.8 Å². The van der Waals surface area contributed by atoms with E-state index in [0.717, 1.165) is 4.90 Å². The zero-order valence-corrected chi connectivity index (χ0v) is 39.8. The van der Waals surface area contributed by atoms with Crippen LogP contribution in [0.15, 0.2) is 0 Å². The number of aliphatic hydroxyl groups is 3. The molecule has 9 atom stereocenters. The lowest BCUT2D eigenvalue weighted by atomic mass is 10.1. The van der Waals surface area contributed by atoms with Gasteiger partial charge in [0.15, 0.2) is 0 Å². The summed E-state index contributed by atoms with van der Waals surface area (Å²) in [6.07, 6.45) is 2.28. The molecule has 0 aliphatic carbocycles. The van der Waals surface area contributed by atoms with E-state index in [-0.39, 0.29) is 45.4 Å². The van der Waals surface area contributed by atoms with Gasteiger partial charge in [-0.3, -0.25) is 62.3 Å². The van der Waals surface area contributed by atoms with Gasteiger partial charge < -0.3 is 89.3 Å². The molecular weight excluding hydrogens is 957 g/mol. The fraction of sp³-hybridized carbons (Fsp3) is 0.690. The van der Waals surface area contributed by atoms with Gasteiger partial charge in [-0.1, -0.05) is 0 Å². The molecule has 30 heteroatoms. The van der Waals surface area contributed by atoms with E-state index in [0.29, 0.717) is 32.1 Å². The van der Waals surface area contributed by atoms with E-state index in [9.17, 15) is 77.6 Å². The molecule has 0 unspecified atom stereocenters. The topological polar surface area (TPSA) is 458 Å². The summed E-state index contributed by atoms with van der Waals surface area (Å²) in [5.74, 6) is -10.3. The second kappa shape index (κ2) is 27.0. The van der Waals surface area contributed by atoms with Crippen LogP contribution < -0.4 is 54.4 Å². The molecule has 0 spiro atoms. The first-order chi connectivity index (χ1) is 34.1. The molecule has 0 bridgehead atoms. The minimum Gasteiger partial charge on any atom is -0.394 e. The van der Waals surface area contributed by atoms with E-state index in [2.05, 4.69) is 37.2 Å². The number of nitrogens with two attached hydrogens (primary N) is 3. The third kappa shape index (κ3) is 15.2. The van der Waals surface area contributed by atoms with Crippen LogP contribution in [0.1, 0.15) is 64.7 Å². The van der Waals surface area contributed by atoms with Crippen molar-refractivity contribution in [2.75, 3.05) is 65.6 Å². The van der Waals surface area contributed by atoms with Gasteiger partial charge in [0, 0.05) is 26.2 Å². The highest BCUT2D eigenvalue weighted by molar-refractivity contribution is 5.99. The van der Waals surface area contributed by atoms with Crippen LogP contribution in [0.3, 0.4) is 0 Å². The summed E-state index contributed by atoms with van der Waals surface area (Å²) in [4.78, 5) is 171. The smallest absolute Gasteiger partial charge is 0.246 e. The fourth-order valence-corrected chi connectivity index (χ4v) is 8.84. The van der Waals surface area contributed by atoms with Crippen molar-refractivity contribution < 1.29 is 77.6 Å². The molecule has 30 nitrogen and oxygen atoms in total. The molecule has 4 saturated heterocycles. The van der Waals surface area contributed by atoms with Crippen LogP contribution in [0.25, 0.3) is 0 Å². The van der Waals surface area contributed by atoms with Gasteiger partial charge in [-0.2, -0.15) is 0 Å². The van der Waals surface area contributed by atoms with Crippen molar-refractivity contribution in [3.05, 3.63) is 0 Å². The summed E-state index contributed by atoms with van der Waals surface area (Å²) in [7, 11) is 0. The normalized spacial score (nSPS) is 21.6. The van der Waals surface area contributed by atoms with E-state index < -0.39 is 177 Å². The van der Waals surface area contributed by atoms with Crippen LogP contribution in [0.5, 0.6) is 0 Å². The molecule has 0 radical (unpaired) electrons. The largest absolute Gasteiger partial charge is 0.394 e. The lowest BCUT2D eigenvalue weighted by molar-refractivity contribution is -0.151. The van der Waals surface area contributed by atoms with E-state index in [1.165, 1.54) is 21.6 Å². The summed E-state index contributed by atoms with van der Waals surface area (Å²) in [5.41, 5.74) is 15.7. The van der Waals surface area contributed by atoms with Gasteiger partial charge in [0.2, 0.25) is 76.8 Å². The number of nitrogens with one attached hydrogen (secondary N) is 7. The first kappa shape index (κ1) is 57.5. The standard InChI is InChI=1S/C42H66N14O16/c1-21(40(70)55-12-4-8-28(55)42(72)56-13-5-9-29(56)41(71)54-11-3-7-27(54)39(69)50-23(18-57)34(45)64)49-32(62)16-48-36(66)24(19-58)51-37(67)25(20-59)52-38(68)26-6-2-10-53(26)33(63)17-46-31(61)15-47-35(65)22(43)14-30(44)60/h21-29,57-59H,2-20,43H2,1H3,(H2,44,60)(H2,45,64)(H,46,61)(H,47,65)(H,48,66)(H,49,62)(H,50,69)(H,51,67)(H,52,68)/t21-,22-,23-,24-,25-,26-,27-,28-,29-/m0/s1. The second-order valence-electron chi connectivity index (χ2n) is 17.7. The molecule has 72 heavy (non-hydrogen) atoms. The van der Waals surface area contributed by atoms with Gasteiger partial charge in [-0.05, 0) is 58.3 Å². The number of amides is 13. The Morgan fingerprint density at radius 1 is 0.514 bits per heavy atom. The number of hydrogen-bond acceptors (Lipinski definition) is 17. The molecule has 4 heterocycles. The Kier molecular flexibility index (Phi) is 21.5. The van der Waals surface area contributed by atoms with E-state index in [1.807, 2.05) is 0 Å². The van der Waals surface area contributed by atoms with Crippen LogP contribution in [-0.4, -0.2) is 232 Å². The van der Waals surface area contributed by atoms with Crippen molar-refractivity contribution in [1.29, 1.82) is 0 Å². The molecule has 4 rings (SSSR count). The zero-order chi connectivity index (χ0) is 53.4. The summed E-state index contributed by atoms with van der Waals surface area (Å²) >= 11 is 0. The summed E-state index contributed by atoms with van der Waals surface area (Å²) in [5, 5.41) is 45.2. The van der Waals surface area contributed by atoms with E-state index in [1.54, 1.807) is 0 Å². The first-order valence-electron chi connectivity index (χ1n) is 23.5. The molecule has 0 aromatic heterocycles. The lowest BCUT2D eigenvalue weighted by Crippen LogP contribution is -2.59. The molecule has 4 aliphatic rings. The monoisotopic (exact) mass is 1020 g/mol. The minimum absolute atomic E-state index is 0.0952. The predicted molar refractivity (Wildman–Crippen MR) is 244 cm³/mol. The Balaban J connectivity index is 1.23. The van der Waals surface area contributed by atoms with Gasteiger partial charge in [0.25, 0.3) is 0 Å². The van der Waals surface area contributed by atoms with Gasteiger partial charge in [-0.25, -0.2) is 0 Å². The Hall–Kier alpha value is -7.05. The number of likely N-dealkylation sites (tertiary alicyclic amines) is 4. The second-order valence-corrected chi connectivity index (χ2v) is 17.7. The number of carbonyl (C=O) groups is 13. The number of primary amides is 2. The van der Waals surface area contributed by atoms with Crippen molar-refractivity contribution in [1.82, 2.24) is 56.8 Å². The minimum atomic E-state index is -1.70. The van der Waals surface area contributed by atoms with Crippen LogP contribution in [-0.2, 0) is 62.3 Å². The van der Waals surface area contributed by atoms with Crippen LogP contribution in [0, 0.1) is 0 Å². The van der Waals surface area contributed by atoms with Crippen molar-refractivity contribution in [2.45, 2.75) is 119 Å². The molecular formula is C42H66N14O16. The van der Waals surface area contributed by atoms with Gasteiger partial charge >= 0.3 is 0 Å². The van der Waals surface area contributed by atoms with E-state index in [4.69, 9.17) is 17.2 Å². The maximum atomic E-state index is 14.0. The van der Waals surface area contributed by atoms with Crippen molar-refractivity contribution in [3.63, 3.8) is 0 Å². The quantitative estimate of drug-likeness (QED) is 0.0427. The summed E-state index contributed by atoms with van der Waals surface area (Å²) in [6.45, 7) is -2.57. The summed E-state index contributed by atoms with van der Waals surface area (Å²) < 4.78 is 0. The highest BCUT2D eigenvalue weighted by Gasteiger charge is 2.46. The van der Waals surface area contributed by atoms with Gasteiger partial charge in [0.05, 0.1) is 51.9 Å². The van der Waals surface area contributed by atoms with Crippen molar-refractivity contribution in [2.24, 2.45) is 17.2 Å². The van der Waals surface area contributed by atoms with Crippen LogP contribution >= 0.6 is 0 Å². The lowest BCUT2D eigenvalue weighted by Gasteiger charge is -2.34. The van der Waals surface area contributed by atoms with Gasteiger partial charge in [-0.15, -0.1) is 0 Å². The molecule has 16 N–H and O–H groups in total. The zero-order valence-electron chi connectivity index (χ0n) is 39.8. The maximum absolute atomic E-state index is 14.0. The molecule has 0 aromatic rings. The number of nitrogens with zero attached hydrogens (tertiary/aromatic N) is 4. The third-order valence-electron chi connectivity index (χ3n) is 12.6. The van der Waals surface area contributed by atoms with Gasteiger partial charge in [0.1, 0.15) is 48.3 Å². The highest BCUT2D eigenvalue weighted by Crippen LogP contribution is 2.29. The molecule has 0 aromatic carbocycles. The number of hydrogen-bond donors (Lipinski definition) is 13. The maximum Gasteiger partial charge on any atom is 0.246 e. The Morgan fingerprint density at radius 3 is 1.50 bits per heavy atom. The molecule has 0 saturated carbocycles. The molecule has 4 fully saturated rings. The average molecular weight is 1020 g/mol. The number of rotatable bonds is 24. The Labute approximate surface area is 412 Å². The van der Waals surface area contributed by atoms with E-state index >= 15 is 0 Å². The van der Waals surface area contributed by atoms with Crippen molar-refractivity contribution in [3.8, 4) is 0 Å². The first-order valence-corrected chi connectivity index (χ1v) is 23.5.